The largest absolute Gasteiger partial charge is 0.372 e. The number of fused-ring (bicyclic) bond motifs is 2. The molecule has 3 atom stereocenters. The van der Waals surface area contributed by atoms with Crippen LogP contribution >= 0.6 is 0 Å². The molecule has 2 saturated heterocycles. The van der Waals surface area contributed by atoms with E-state index in [1.807, 2.05) is 6.07 Å². The molecule has 0 amide bonds. The zero-order valence-electron chi connectivity index (χ0n) is 12.0. The van der Waals surface area contributed by atoms with Crippen LogP contribution in [0.3, 0.4) is 0 Å². The number of rotatable bonds is 4. The fraction of sp³-hybridized carbons (Fsp3) is 0.625. The van der Waals surface area contributed by atoms with Crippen molar-refractivity contribution < 1.29 is 9.13 Å². The lowest BCUT2D eigenvalue weighted by Crippen LogP contribution is -2.59. The quantitative estimate of drug-likeness (QED) is 0.915. The second kappa shape index (κ2) is 5.43. The van der Waals surface area contributed by atoms with Gasteiger partial charge in [0, 0.05) is 25.2 Å². The average molecular weight is 278 g/mol. The van der Waals surface area contributed by atoms with Crippen molar-refractivity contribution in [1.29, 1.82) is 0 Å². The maximum Gasteiger partial charge on any atom is 0.123 e. The predicted molar refractivity (Wildman–Crippen MR) is 77.0 cm³/mol. The highest BCUT2D eigenvalue weighted by Gasteiger charge is 2.41. The van der Waals surface area contributed by atoms with Gasteiger partial charge in [0.05, 0.1) is 12.2 Å². The Morgan fingerprint density at radius 2 is 2.05 bits per heavy atom. The Kier molecular flexibility index (Phi) is 3.80. The molecule has 0 aliphatic carbocycles. The smallest absolute Gasteiger partial charge is 0.123 e. The van der Waals surface area contributed by atoms with E-state index in [4.69, 9.17) is 10.5 Å². The van der Waals surface area contributed by atoms with Gasteiger partial charge in [0.2, 0.25) is 0 Å². The minimum atomic E-state index is -0.177. The van der Waals surface area contributed by atoms with E-state index in [1.165, 1.54) is 6.07 Å². The van der Waals surface area contributed by atoms with Crippen LogP contribution in [0.25, 0.3) is 0 Å². The molecule has 2 heterocycles. The van der Waals surface area contributed by atoms with E-state index >= 15 is 0 Å². The van der Waals surface area contributed by atoms with Gasteiger partial charge in [0.15, 0.2) is 0 Å². The fourth-order valence-electron chi connectivity index (χ4n) is 3.46. The van der Waals surface area contributed by atoms with Crippen molar-refractivity contribution in [3.05, 3.63) is 35.6 Å². The number of hydrogen-bond donors (Lipinski definition) is 1. The molecule has 0 saturated carbocycles. The Balaban J connectivity index is 1.76. The normalized spacial score (nSPS) is 29.4. The molecule has 2 aliphatic rings. The fourth-order valence-corrected chi connectivity index (χ4v) is 3.46. The standard InChI is InChI=1S/C16H23FN2O/c1-16(11-18,8-12-3-2-4-13(17)7-12)19-9-14-5-6-15(10-19)20-14/h2-4,7,14-15H,5-6,8-11,18H2,1H3. The molecular weight excluding hydrogens is 255 g/mol. The van der Waals surface area contributed by atoms with Crippen molar-refractivity contribution in [3.8, 4) is 0 Å². The SMILES string of the molecule is CC(CN)(Cc1cccc(F)c1)N1CC2CCC(C1)O2. The molecule has 0 radical (unpaired) electrons. The maximum absolute atomic E-state index is 13.4. The van der Waals surface area contributed by atoms with Crippen molar-refractivity contribution in [2.24, 2.45) is 5.73 Å². The third kappa shape index (κ3) is 2.73. The second-order valence-electron chi connectivity index (χ2n) is 6.37. The van der Waals surface area contributed by atoms with E-state index in [0.717, 1.165) is 37.9 Å². The van der Waals surface area contributed by atoms with Crippen LogP contribution in [0, 0.1) is 5.82 Å². The van der Waals surface area contributed by atoms with Gasteiger partial charge in [-0.2, -0.15) is 0 Å². The van der Waals surface area contributed by atoms with Crippen molar-refractivity contribution in [2.45, 2.75) is 43.9 Å². The molecule has 20 heavy (non-hydrogen) atoms. The molecule has 3 rings (SSSR count). The van der Waals surface area contributed by atoms with Crippen LogP contribution in [0.2, 0.25) is 0 Å². The van der Waals surface area contributed by atoms with Gasteiger partial charge in [0.1, 0.15) is 5.82 Å². The number of morpholine rings is 1. The van der Waals surface area contributed by atoms with Gasteiger partial charge < -0.3 is 10.5 Å². The molecule has 1 aromatic rings. The van der Waals surface area contributed by atoms with Crippen LogP contribution in [0.15, 0.2) is 24.3 Å². The number of likely N-dealkylation sites (tertiary alicyclic amines) is 1. The monoisotopic (exact) mass is 278 g/mol. The van der Waals surface area contributed by atoms with Crippen LogP contribution in [-0.2, 0) is 11.2 Å². The summed E-state index contributed by atoms with van der Waals surface area (Å²) in [5, 5.41) is 0. The predicted octanol–water partition coefficient (Wildman–Crippen LogP) is 1.95. The Labute approximate surface area is 119 Å². The number of hydrogen-bond acceptors (Lipinski definition) is 3. The molecule has 110 valence electrons. The summed E-state index contributed by atoms with van der Waals surface area (Å²) in [5.41, 5.74) is 6.94. The molecule has 2 bridgehead atoms. The van der Waals surface area contributed by atoms with Gasteiger partial charge >= 0.3 is 0 Å². The summed E-state index contributed by atoms with van der Waals surface area (Å²) >= 11 is 0. The van der Waals surface area contributed by atoms with Crippen molar-refractivity contribution in [3.63, 3.8) is 0 Å². The number of benzene rings is 1. The zero-order valence-corrected chi connectivity index (χ0v) is 12.0. The molecule has 1 aromatic carbocycles. The van der Waals surface area contributed by atoms with Crippen LogP contribution in [0.1, 0.15) is 25.3 Å². The van der Waals surface area contributed by atoms with Crippen molar-refractivity contribution in [2.75, 3.05) is 19.6 Å². The summed E-state index contributed by atoms with van der Waals surface area (Å²) in [5.74, 6) is -0.177. The van der Waals surface area contributed by atoms with Gasteiger partial charge in [-0.3, -0.25) is 4.90 Å². The van der Waals surface area contributed by atoms with E-state index in [-0.39, 0.29) is 11.4 Å². The highest BCUT2D eigenvalue weighted by molar-refractivity contribution is 5.19. The summed E-state index contributed by atoms with van der Waals surface area (Å²) in [4.78, 5) is 2.45. The third-order valence-electron chi connectivity index (χ3n) is 4.72. The average Bonchev–Trinajstić information content (AvgIpc) is 2.77. The summed E-state index contributed by atoms with van der Waals surface area (Å²) in [7, 11) is 0. The number of nitrogens with zero attached hydrogens (tertiary/aromatic N) is 1. The van der Waals surface area contributed by atoms with E-state index in [0.29, 0.717) is 18.8 Å². The lowest BCUT2D eigenvalue weighted by molar-refractivity contribution is -0.0726. The highest BCUT2D eigenvalue weighted by atomic mass is 19.1. The van der Waals surface area contributed by atoms with E-state index < -0.39 is 0 Å². The summed E-state index contributed by atoms with van der Waals surface area (Å²) in [6.45, 7) is 4.64. The second-order valence-corrected chi connectivity index (χ2v) is 6.37. The number of ether oxygens (including phenoxy) is 1. The minimum Gasteiger partial charge on any atom is -0.372 e. The van der Waals surface area contributed by atoms with E-state index in [1.54, 1.807) is 12.1 Å². The summed E-state index contributed by atoms with van der Waals surface area (Å²) < 4.78 is 19.3. The zero-order chi connectivity index (χ0) is 14.2. The Morgan fingerprint density at radius 3 is 2.65 bits per heavy atom. The molecule has 0 spiro atoms. The summed E-state index contributed by atoms with van der Waals surface area (Å²) in [6.07, 6.45) is 3.80. The Hall–Kier alpha value is -0.970. The van der Waals surface area contributed by atoms with Crippen molar-refractivity contribution >= 4 is 0 Å². The number of halogens is 1. The molecule has 2 aliphatic heterocycles. The van der Waals surface area contributed by atoms with Gasteiger partial charge in [-0.15, -0.1) is 0 Å². The molecule has 3 nitrogen and oxygen atoms in total. The lowest BCUT2D eigenvalue weighted by Gasteiger charge is -2.45. The molecular formula is C16H23FN2O. The van der Waals surface area contributed by atoms with Crippen molar-refractivity contribution in [1.82, 2.24) is 4.90 Å². The number of nitrogens with two attached hydrogens (primary N) is 1. The summed E-state index contributed by atoms with van der Waals surface area (Å²) in [6, 6.07) is 6.85. The minimum absolute atomic E-state index is 0.127. The Morgan fingerprint density at radius 1 is 1.35 bits per heavy atom. The van der Waals surface area contributed by atoms with Crippen LogP contribution < -0.4 is 5.73 Å². The first-order valence-corrected chi connectivity index (χ1v) is 7.44. The van der Waals surface area contributed by atoms with Gasteiger partial charge in [-0.25, -0.2) is 4.39 Å². The third-order valence-corrected chi connectivity index (χ3v) is 4.72. The van der Waals surface area contributed by atoms with Crippen LogP contribution in [0.5, 0.6) is 0 Å². The Bertz CT molecular complexity index is 469. The van der Waals surface area contributed by atoms with Gasteiger partial charge in [0.25, 0.3) is 0 Å². The molecule has 0 aromatic heterocycles. The highest BCUT2D eigenvalue weighted by Crippen LogP contribution is 2.31. The van der Waals surface area contributed by atoms with E-state index in [9.17, 15) is 4.39 Å². The maximum atomic E-state index is 13.4. The lowest BCUT2D eigenvalue weighted by atomic mass is 9.90. The molecule has 2 fully saturated rings. The van der Waals surface area contributed by atoms with Gasteiger partial charge in [-0.1, -0.05) is 12.1 Å². The topological polar surface area (TPSA) is 38.5 Å². The van der Waals surface area contributed by atoms with E-state index in [2.05, 4.69) is 11.8 Å². The van der Waals surface area contributed by atoms with Gasteiger partial charge in [-0.05, 0) is 43.9 Å². The van der Waals surface area contributed by atoms with Crippen LogP contribution in [0.4, 0.5) is 4.39 Å². The van der Waals surface area contributed by atoms with Crippen LogP contribution in [-0.4, -0.2) is 42.3 Å². The first kappa shape index (κ1) is 14.0. The first-order chi connectivity index (χ1) is 9.59. The first-order valence-electron chi connectivity index (χ1n) is 7.44. The molecule has 2 N–H and O–H groups in total. The molecule has 4 heteroatoms. The molecule has 3 unspecified atom stereocenters.